The summed E-state index contributed by atoms with van der Waals surface area (Å²) in [6.45, 7) is 0.655. The van der Waals surface area contributed by atoms with Gasteiger partial charge in [-0.05, 0) is 41.9 Å². The van der Waals surface area contributed by atoms with Crippen LogP contribution in [0.2, 0.25) is 0 Å². The summed E-state index contributed by atoms with van der Waals surface area (Å²) in [6, 6.07) is 13.9. The molecule has 1 atom stereocenters. The van der Waals surface area contributed by atoms with Gasteiger partial charge in [-0.1, -0.05) is 30.3 Å². The Morgan fingerprint density at radius 3 is 2.50 bits per heavy atom. The molecule has 3 aromatic rings. The van der Waals surface area contributed by atoms with E-state index in [0.717, 1.165) is 30.3 Å². The minimum absolute atomic E-state index is 0.0519. The van der Waals surface area contributed by atoms with Crippen molar-refractivity contribution in [2.45, 2.75) is 25.3 Å². The molecular formula is C19H16F2N2S. The molecule has 1 aliphatic rings. The summed E-state index contributed by atoms with van der Waals surface area (Å²) in [7, 11) is 0. The number of hydrogen-bond donors (Lipinski definition) is 1. The molecular weight excluding hydrogens is 326 g/mol. The number of nitrogens with one attached hydrogen (secondary N) is 1. The van der Waals surface area contributed by atoms with Crippen LogP contribution in [0.3, 0.4) is 0 Å². The van der Waals surface area contributed by atoms with E-state index in [1.165, 1.54) is 17.7 Å². The van der Waals surface area contributed by atoms with Gasteiger partial charge in [-0.3, -0.25) is 0 Å². The third-order valence-corrected chi connectivity index (χ3v) is 4.92. The van der Waals surface area contributed by atoms with E-state index in [1.807, 2.05) is 18.2 Å². The van der Waals surface area contributed by atoms with Gasteiger partial charge in [0.05, 0.1) is 0 Å². The Bertz CT molecular complexity index is 923. The molecule has 0 radical (unpaired) electrons. The number of hydrogen-bond acceptors (Lipinski definition) is 1. The Labute approximate surface area is 143 Å². The molecule has 5 heteroatoms. The van der Waals surface area contributed by atoms with Gasteiger partial charge in [-0.25, -0.2) is 8.78 Å². The molecule has 2 aromatic carbocycles. The van der Waals surface area contributed by atoms with Crippen molar-refractivity contribution in [2.75, 3.05) is 0 Å². The second-order valence-electron chi connectivity index (χ2n) is 6.23. The zero-order chi connectivity index (χ0) is 16.7. The van der Waals surface area contributed by atoms with Crippen molar-refractivity contribution in [1.82, 2.24) is 9.55 Å². The molecule has 0 aliphatic carbocycles. The molecule has 1 aromatic heterocycles. The lowest BCUT2D eigenvalue weighted by molar-refractivity contribution is 0.567. The molecule has 0 fully saturated rings. The molecule has 2 nitrogen and oxygen atoms in total. The maximum absolute atomic E-state index is 13.5. The van der Waals surface area contributed by atoms with Gasteiger partial charge in [0.15, 0.2) is 4.77 Å². The van der Waals surface area contributed by atoms with Crippen molar-refractivity contribution in [3.63, 3.8) is 0 Å². The van der Waals surface area contributed by atoms with Crippen molar-refractivity contribution in [1.29, 1.82) is 0 Å². The first-order valence-electron chi connectivity index (χ1n) is 7.90. The minimum atomic E-state index is -0.531. The highest BCUT2D eigenvalue weighted by atomic mass is 32.1. The summed E-state index contributed by atoms with van der Waals surface area (Å²) < 4.78 is 29.8. The Morgan fingerprint density at radius 2 is 1.79 bits per heavy atom. The van der Waals surface area contributed by atoms with Gasteiger partial charge in [-0.2, -0.15) is 0 Å². The van der Waals surface area contributed by atoms with Crippen molar-refractivity contribution in [3.05, 3.63) is 87.5 Å². The summed E-state index contributed by atoms with van der Waals surface area (Å²) in [5, 5.41) is 0. The molecule has 24 heavy (non-hydrogen) atoms. The van der Waals surface area contributed by atoms with Gasteiger partial charge in [0.2, 0.25) is 0 Å². The van der Waals surface area contributed by atoms with Crippen LogP contribution in [0.4, 0.5) is 8.78 Å². The highest BCUT2D eigenvalue weighted by Crippen LogP contribution is 2.33. The number of rotatable bonds is 3. The molecule has 1 aliphatic heterocycles. The fraction of sp³-hybridized carbons (Fsp3) is 0.211. The van der Waals surface area contributed by atoms with Crippen molar-refractivity contribution < 1.29 is 8.78 Å². The van der Waals surface area contributed by atoms with Crippen LogP contribution in [0, 0.1) is 16.4 Å². The van der Waals surface area contributed by atoms with Gasteiger partial charge < -0.3 is 9.55 Å². The first-order valence-corrected chi connectivity index (χ1v) is 8.31. The molecule has 4 rings (SSSR count). The maximum atomic E-state index is 13.5. The molecule has 0 spiro atoms. The summed E-state index contributed by atoms with van der Waals surface area (Å²) in [5.41, 5.74) is 4.12. The average molecular weight is 342 g/mol. The summed E-state index contributed by atoms with van der Waals surface area (Å²) in [6.07, 6.45) is 1.51. The number of benzene rings is 2. The second-order valence-corrected chi connectivity index (χ2v) is 6.62. The highest BCUT2D eigenvalue weighted by molar-refractivity contribution is 7.71. The zero-order valence-electron chi connectivity index (χ0n) is 12.9. The number of H-pyrrole nitrogens is 1. The summed E-state index contributed by atoms with van der Waals surface area (Å²) >= 11 is 5.43. The van der Waals surface area contributed by atoms with E-state index in [4.69, 9.17) is 12.2 Å². The Hall–Kier alpha value is -2.27. The number of imidazole rings is 1. The van der Waals surface area contributed by atoms with Crippen LogP contribution in [0.25, 0.3) is 0 Å². The fourth-order valence-corrected chi connectivity index (χ4v) is 3.79. The first kappa shape index (κ1) is 15.3. The molecule has 0 saturated heterocycles. The number of nitrogens with zero attached hydrogens (tertiary/aromatic N) is 1. The largest absolute Gasteiger partial charge is 0.334 e. The quantitative estimate of drug-likeness (QED) is 0.681. The van der Waals surface area contributed by atoms with Crippen molar-refractivity contribution in [2.24, 2.45) is 0 Å². The van der Waals surface area contributed by atoms with E-state index in [9.17, 15) is 8.78 Å². The molecule has 0 saturated carbocycles. The monoisotopic (exact) mass is 342 g/mol. The number of halogens is 2. The maximum Gasteiger partial charge on any atom is 0.177 e. The lowest BCUT2D eigenvalue weighted by Gasteiger charge is -2.10. The lowest BCUT2D eigenvalue weighted by Crippen LogP contribution is -2.03. The number of fused-ring (bicyclic) bond motifs is 1. The predicted octanol–water partition coefficient (Wildman–Crippen LogP) is 4.75. The second kappa shape index (κ2) is 5.98. The van der Waals surface area contributed by atoms with E-state index in [2.05, 4.69) is 21.7 Å². The van der Waals surface area contributed by atoms with Crippen molar-refractivity contribution >= 4 is 12.2 Å². The molecule has 0 amide bonds. The minimum Gasteiger partial charge on any atom is -0.334 e. The molecule has 1 unspecified atom stereocenters. The third kappa shape index (κ3) is 2.80. The predicted molar refractivity (Wildman–Crippen MR) is 91.7 cm³/mol. The molecule has 0 bridgehead atoms. The van der Waals surface area contributed by atoms with Gasteiger partial charge in [0.25, 0.3) is 0 Å². The molecule has 2 heterocycles. The summed E-state index contributed by atoms with van der Waals surface area (Å²) in [5.74, 6) is -1.01. The van der Waals surface area contributed by atoms with Crippen LogP contribution in [-0.2, 0) is 19.4 Å². The molecule has 1 N–H and O–H groups in total. The number of aromatic amines is 1. The van der Waals surface area contributed by atoms with Crippen LogP contribution in [0.1, 0.15) is 28.4 Å². The standard InChI is InChI=1S/C19H16F2N2S/c20-15-7-13(8-16(21)10-15)14-9-18-17(22-19(24)23(18)11-14)6-12-4-2-1-3-5-12/h1-5,7-8,10,14H,6,9,11H2,(H,22,24). The Morgan fingerprint density at radius 1 is 1.08 bits per heavy atom. The fourth-order valence-electron chi connectivity index (χ4n) is 3.48. The molecule has 122 valence electrons. The normalized spacial score (nSPS) is 16.3. The third-order valence-electron chi connectivity index (χ3n) is 4.60. The topological polar surface area (TPSA) is 20.7 Å². The van der Waals surface area contributed by atoms with Crippen LogP contribution < -0.4 is 0 Å². The van der Waals surface area contributed by atoms with Crippen LogP contribution in [0.15, 0.2) is 48.5 Å². The Balaban J connectivity index is 1.65. The van der Waals surface area contributed by atoms with E-state index < -0.39 is 11.6 Å². The Kier molecular flexibility index (Phi) is 3.81. The van der Waals surface area contributed by atoms with Crippen LogP contribution >= 0.6 is 12.2 Å². The SMILES string of the molecule is Fc1cc(F)cc(C2Cc3c(Cc4ccccc4)[nH]c(=S)n3C2)c1. The van der Waals surface area contributed by atoms with Crippen LogP contribution in [0.5, 0.6) is 0 Å². The average Bonchev–Trinajstić information content (AvgIpc) is 3.10. The number of aromatic nitrogens is 2. The van der Waals surface area contributed by atoms with E-state index in [-0.39, 0.29) is 5.92 Å². The van der Waals surface area contributed by atoms with E-state index in [0.29, 0.717) is 16.9 Å². The van der Waals surface area contributed by atoms with E-state index >= 15 is 0 Å². The highest BCUT2D eigenvalue weighted by Gasteiger charge is 2.27. The van der Waals surface area contributed by atoms with Gasteiger partial charge in [0, 0.05) is 36.3 Å². The van der Waals surface area contributed by atoms with Crippen molar-refractivity contribution in [3.8, 4) is 0 Å². The zero-order valence-corrected chi connectivity index (χ0v) is 13.7. The van der Waals surface area contributed by atoms with Crippen LogP contribution in [-0.4, -0.2) is 9.55 Å². The van der Waals surface area contributed by atoms with Gasteiger partial charge in [-0.15, -0.1) is 0 Å². The van der Waals surface area contributed by atoms with E-state index in [1.54, 1.807) is 0 Å². The lowest BCUT2D eigenvalue weighted by atomic mass is 9.95. The smallest absolute Gasteiger partial charge is 0.177 e. The van der Waals surface area contributed by atoms with Gasteiger partial charge in [0.1, 0.15) is 11.6 Å². The van der Waals surface area contributed by atoms with Gasteiger partial charge >= 0.3 is 0 Å². The first-order chi connectivity index (χ1) is 11.6. The summed E-state index contributed by atoms with van der Waals surface area (Å²) in [4.78, 5) is 3.29.